The van der Waals surface area contributed by atoms with Crippen molar-refractivity contribution in [1.82, 2.24) is 0 Å². The number of rotatable bonds is 17. The second-order valence-electron chi connectivity index (χ2n) is 14.8. The van der Waals surface area contributed by atoms with Crippen LogP contribution in [0.2, 0.25) is 0 Å². The van der Waals surface area contributed by atoms with Gasteiger partial charge in [-0.2, -0.15) is 0 Å². The van der Waals surface area contributed by atoms with Crippen LogP contribution in [0.4, 0.5) is 0 Å². The van der Waals surface area contributed by atoms with Crippen LogP contribution in [0.15, 0.2) is 0 Å². The van der Waals surface area contributed by atoms with Gasteiger partial charge >= 0.3 is 0 Å². The molecule has 0 aromatic heterocycles. The summed E-state index contributed by atoms with van der Waals surface area (Å²) in [5.74, 6) is 10.8. The Balaban J connectivity index is 5.38. The highest BCUT2D eigenvalue weighted by Crippen LogP contribution is 2.46. The Kier molecular flexibility index (Phi) is 15.6. The fraction of sp³-hybridized carbons (Fsp3) is 1.00. The van der Waals surface area contributed by atoms with Crippen LogP contribution in [-0.4, -0.2) is 0 Å². The average molecular weight is 507 g/mol. The highest BCUT2D eigenvalue weighted by Gasteiger charge is 2.39. The highest BCUT2D eigenvalue weighted by molar-refractivity contribution is 4.88. The van der Waals surface area contributed by atoms with Crippen LogP contribution >= 0.6 is 0 Å². The Morgan fingerprint density at radius 2 is 0.583 bits per heavy atom. The standard InChI is InChI=1S/C36H74/c1-19-22(4)23(5)24(6)25(7)26(8)27(9)28(10)29(11)30(12)31(13)32(14)33(15)34(16)35(17)36(18,20-2)21-3/h22-35H,19-21H2,1-18H3. The molecule has 0 nitrogen and oxygen atoms in total. The molecule has 0 N–H and O–H groups in total. The first kappa shape index (κ1) is 36.0. The molecule has 0 radical (unpaired) electrons. The molecule has 0 aliphatic heterocycles. The van der Waals surface area contributed by atoms with Gasteiger partial charge in [0.1, 0.15) is 0 Å². The van der Waals surface area contributed by atoms with Crippen LogP contribution in [0.3, 0.4) is 0 Å². The lowest BCUT2D eigenvalue weighted by Crippen LogP contribution is -2.38. The van der Waals surface area contributed by atoms with Gasteiger partial charge in [-0.25, -0.2) is 0 Å². The largest absolute Gasteiger partial charge is 0.0651 e. The van der Waals surface area contributed by atoms with Crippen molar-refractivity contribution in [2.45, 2.75) is 144 Å². The lowest BCUT2D eigenvalue weighted by atomic mass is 9.61. The van der Waals surface area contributed by atoms with E-state index < -0.39 is 0 Å². The van der Waals surface area contributed by atoms with Gasteiger partial charge < -0.3 is 0 Å². The molecule has 0 heteroatoms. The monoisotopic (exact) mass is 507 g/mol. The molecular formula is C36H74. The van der Waals surface area contributed by atoms with E-state index in [-0.39, 0.29) is 0 Å². The predicted octanol–water partition coefficient (Wildman–Crippen LogP) is 12.1. The maximum absolute atomic E-state index is 2.57. The maximum atomic E-state index is 2.57. The molecule has 0 amide bonds. The molecule has 0 saturated heterocycles. The Morgan fingerprint density at radius 3 is 0.806 bits per heavy atom. The summed E-state index contributed by atoms with van der Waals surface area (Å²) in [4.78, 5) is 0. The van der Waals surface area contributed by atoms with Gasteiger partial charge in [-0.15, -0.1) is 0 Å². The molecule has 0 aromatic rings. The first-order valence-corrected chi connectivity index (χ1v) is 16.4. The van der Waals surface area contributed by atoms with Gasteiger partial charge in [0.05, 0.1) is 0 Å². The van der Waals surface area contributed by atoms with E-state index in [9.17, 15) is 0 Å². The lowest BCUT2D eigenvalue weighted by Gasteiger charge is -2.45. The fourth-order valence-electron chi connectivity index (χ4n) is 7.66. The van der Waals surface area contributed by atoms with Gasteiger partial charge in [-0.1, -0.05) is 144 Å². The Labute approximate surface area is 232 Å². The summed E-state index contributed by atoms with van der Waals surface area (Å²) in [6.45, 7) is 45.3. The molecule has 0 heterocycles. The molecular weight excluding hydrogens is 432 g/mol. The third kappa shape index (κ3) is 8.50. The van der Waals surface area contributed by atoms with Gasteiger partial charge in [0.15, 0.2) is 0 Å². The SMILES string of the molecule is CCC(C)C(C)C(C)C(C)C(C)C(C)C(C)C(C)C(C)C(C)C(C)C(C)C(C)C(C)C(C)(CC)CC. The summed E-state index contributed by atoms with van der Waals surface area (Å²) in [6, 6.07) is 0. The molecule has 0 bridgehead atoms. The van der Waals surface area contributed by atoms with Crippen molar-refractivity contribution in [2.75, 3.05) is 0 Å². The normalized spacial score (nSPS) is 24.8. The summed E-state index contributed by atoms with van der Waals surface area (Å²) in [6.07, 6.45) is 3.88. The molecule has 0 spiro atoms. The van der Waals surface area contributed by atoms with E-state index in [1.54, 1.807) is 0 Å². The summed E-state index contributed by atoms with van der Waals surface area (Å²) in [7, 11) is 0. The summed E-state index contributed by atoms with van der Waals surface area (Å²) >= 11 is 0. The second-order valence-corrected chi connectivity index (χ2v) is 14.8. The van der Waals surface area contributed by atoms with Crippen molar-refractivity contribution in [3.05, 3.63) is 0 Å². The van der Waals surface area contributed by atoms with Crippen LogP contribution in [0, 0.1) is 88.3 Å². The Hall–Kier alpha value is 0. The van der Waals surface area contributed by atoms with Crippen molar-refractivity contribution in [1.29, 1.82) is 0 Å². The summed E-state index contributed by atoms with van der Waals surface area (Å²) in [5.41, 5.74) is 0.468. The first-order valence-electron chi connectivity index (χ1n) is 16.4. The zero-order valence-corrected chi connectivity index (χ0v) is 28.7. The predicted molar refractivity (Wildman–Crippen MR) is 167 cm³/mol. The minimum absolute atomic E-state index is 0.468. The maximum Gasteiger partial charge on any atom is -0.0303 e. The van der Waals surface area contributed by atoms with E-state index in [0.29, 0.717) is 5.41 Å². The third-order valence-corrected chi connectivity index (χ3v) is 14.2. The molecule has 14 unspecified atom stereocenters. The fourth-order valence-corrected chi connectivity index (χ4v) is 7.66. The molecule has 218 valence electrons. The van der Waals surface area contributed by atoms with E-state index in [2.05, 4.69) is 125 Å². The zero-order valence-electron chi connectivity index (χ0n) is 28.7. The number of hydrogen-bond donors (Lipinski definition) is 0. The molecule has 0 rings (SSSR count). The summed E-state index contributed by atoms with van der Waals surface area (Å²) < 4.78 is 0. The van der Waals surface area contributed by atoms with Crippen molar-refractivity contribution in [3.8, 4) is 0 Å². The van der Waals surface area contributed by atoms with E-state index in [4.69, 9.17) is 0 Å². The zero-order chi connectivity index (χ0) is 28.7. The van der Waals surface area contributed by atoms with Crippen molar-refractivity contribution >= 4 is 0 Å². The molecule has 0 fully saturated rings. The first-order chi connectivity index (χ1) is 16.4. The van der Waals surface area contributed by atoms with Gasteiger partial charge in [-0.3, -0.25) is 0 Å². The molecule has 0 aliphatic carbocycles. The van der Waals surface area contributed by atoms with Crippen molar-refractivity contribution in [3.63, 3.8) is 0 Å². The molecule has 36 heavy (non-hydrogen) atoms. The number of hydrogen-bond acceptors (Lipinski definition) is 0. The van der Waals surface area contributed by atoms with E-state index in [0.717, 1.165) is 82.9 Å². The molecule has 0 aromatic carbocycles. The Bertz CT molecular complexity index is 573. The molecule has 14 atom stereocenters. The minimum atomic E-state index is 0.468. The van der Waals surface area contributed by atoms with E-state index >= 15 is 0 Å². The van der Waals surface area contributed by atoms with Crippen LogP contribution in [0.5, 0.6) is 0 Å². The van der Waals surface area contributed by atoms with Crippen molar-refractivity contribution in [2.24, 2.45) is 88.3 Å². The molecule has 0 aliphatic rings. The van der Waals surface area contributed by atoms with Gasteiger partial charge in [0.2, 0.25) is 0 Å². The van der Waals surface area contributed by atoms with Gasteiger partial charge in [0, 0.05) is 0 Å². The topological polar surface area (TPSA) is 0 Å². The van der Waals surface area contributed by atoms with Gasteiger partial charge in [0.25, 0.3) is 0 Å². The molecule has 0 saturated carbocycles. The van der Waals surface area contributed by atoms with Crippen LogP contribution < -0.4 is 0 Å². The second kappa shape index (κ2) is 15.6. The smallest absolute Gasteiger partial charge is 0.0303 e. The van der Waals surface area contributed by atoms with Crippen LogP contribution in [0.25, 0.3) is 0 Å². The highest BCUT2D eigenvalue weighted by atomic mass is 14.4. The summed E-state index contributed by atoms with van der Waals surface area (Å²) in [5, 5.41) is 0. The van der Waals surface area contributed by atoms with Gasteiger partial charge in [-0.05, 0) is 88.3 Å². The van der Waals surface area contributed by atoms with Crippen molar-refractivity contribution < 1.29 is 0 Å². The average Bonchev–Trinajstić information content (AvgIpc) is 2.90. The lowest BCUT2D eigenvalue weighted by molar-refractivity contribution is 0.0408. The van der Waals surface area contributed by atoms with E-state index in [1.807, 2.05) is 0 Å². The third-order valence-electron chi connectivity index (χ3n) is 14.2. The minimum Gasteiger partial charge on any atom is -0.0651 e. The van der Waals surface area contributed by atoms with E-state index in [1.165, 1.54) is 19.3 Å². The quantitative estimate of drug-likeness (QED) is 0.184. The van der Waals surface area contributed by atoms with Crippen LogP contribution in [0.1, 0.15) is 144 Å². The Morgan fingerprint density at radius 1 is 0.361 bits per heavy atom. The van der Waals surface area contributed by atoms with Crippen LogP contribution in [-0.2, 0) is 0 Å².